The number of hydrogen-bond acceptors (Lipinski definition) is 8. The van der Waals surface area contributed by atoms with Crippen LogP contribution >= 0.6 is 54.5 Å². The summed E-state index contributed by atoms with van der Waals surface area (Å²) >= 11 is 8.75. The number of aliphatic carboxylic acids is 1. The number of fused-ring (bicyclic) bond motifs is 10. The van der Waals surface area contributed by atoms with Crippen LogP contribution in [0, 0.1) is 3.57 Å². The molecule has 0 aromatic heterocycles. The smallest absolute Gasteiger partial charge is 0.408 e. The monoisotopic (exact) mass is 825 g/mol. The van der Waals surface area contributed by atoms with Crippen LogP contribution in [-0.2, 0) is 32.0 Å². The van der Waals surface area contributed by atoms with E-state index >= 15 is 0 Å². The van der Waals surface area contributed by atoms with E-state index in [1.54, 1.807) is 39.0 Å². The van der Waals surface area contributed by atoms with Gasteiger partial charge in [0, 0.05) is 12.8 Å². The molecule has 4 bridgehead atoms. The minimum atomic E-state index is -1.56. The molecule has 6 N–H and O–H groups in total. The highest BCUT2D eigenvalue weighted by Crippen LogP contribution is 2.42. The number of aliphatic hydroxyl groups is 1. The van der Waals surface area contributed by atoms with Crippen molar-refractivity contribution in [1.29, 1.82) is 0 Å². The van der Waals surface area contributed by atoms with Crippen LogP contribution in [0.3, 0.4) is 0 Å². The predicted octanol–water partition coefficient (Wildman–Crippen LogP) is 3.74. The van der Waals surface area contributed by atoms with Gasteiger partial charge in [0.05, 0.1) is 18.6 Å². The Morgan fingerprint density at radius 2 is 1.67 bits per heavy atom. The molecule has 12 nitrogen and oxygen atoms in total. The van der Waals surface area contributed by atoms with Crippen molar-refractivity contribution in [3.05, 3.63) is 47.9 Å². The summed E-state index contributed by atoms with van der Waals surface area (Å²) in [6.45, 7) is 6.21. The predicted molar refractivity (Wildman–Crippen MR) is 166 cm³/mol. The first kappa shape index (κ1) is 33.9. The quantitative estimate of drug-likeness (QED) is 0.251. The highest BCUT2D eigenvalue weighted by molar-refractivity contribution is 14.1. The van der Waals surface area contributed by atoms with Crippen molar-refractivity contribution >= 4 is 78.3 Å². The zero-order valence-electron chi connectivity index (χ0n) is 23.0. The molecule has 0 radical (unpaired) electrons. The van der Waals surface area contributed by atoms with Gasteiger partial charge in [-0.25, -0.2) is 9.59 Å². The number of alkyl carbamates (subject to hydrolysis) is 1. The van der Waals surface area contributed by atoms with Crippen molar-refractivity contribution in [3.8, 4) is 17.2 Å². The van der Waals surface area contributed by atoms with E-state index < -0.39 is 53.7 Å². The minimum absolute atomic E-state index is 0.0499. The molecule has 2 aromatic carbocycles. The SMILES string of the molecule is CC(O)[C@@H]1NC(=O)[C@@H](NC(=O)OC(C)(C)C)Cc2cc(I)c(O)c(c2)Oc2c(Br)cc(cc2Br)CC(C(=O)O)NC1=O. The summed E-state index contributed by atoms with van der Waals surface area (Å²) in [5.41, 5.74) is 0.0987. The maximum atomic E-state index is 13.5. The van der Waals surface area contributed by atoms with Crippen LogP contribution in [-0.4, -0.2) is 69.0 Å². The second-order valence-corrected chi connectivity index (χ2v) is 13.5. The molecule has 2 aliphatic rings. The van der Waals surface area contributed by atoms with Gasteiger partial charge in [0.25, 0.3) is 0 Å². The Kier molecular flexibility index (Phi) is 11.1. The van der Waals surface area contributed by atoms with Gasteiger partial charge in [-0.3, -0.25) is 9.59 Å². The molecule has 0 aliphatic carbocycles. The van der Waals surface area contributed by atoms with Crippen molar-refractivity contribution in [2.24, 2.45) is 0 Å². The normalized spacial score (nSPS) is 20.4. The number of carboxylic acids is 1. The van der Waals surface area contributed by atoms with E-state index in [9.17, 15) is 34.5 Å². The number of phenols is 1. The Bertz CT molecular complexity index is 1370. The summed E-state index contributed by atoms with van der Waals surface area (Å²) in [5.74, 6) is -2.97. The molecular weight excluding hydrogens is 797 g/mol. The number of benzene rings is 2. The fourth-order valence-electron chi connectivity index (χ4n) is 4.01. The Morgan fingerprint density at radius 3 is 2.21 bits per heavy atom. The molecule has 42 heavy (non-hydrogen) atoms. The lowest BCUT2D eigenvalue weighted by Crippen LogP contribution is -2.59. The third-order valence-corrected chi connectivity index (χ3v) is 7.92. The van der Waals surface area contributed by atoms with Gasteiger partial charge >= 0.3 is 12.1 Å². The molecule has 228 valence electrons. The van der Waals surface area contributed by atoms with E-state index in [-0.39, 0.29) is 30.1 Å². The first-order chi connectivity index (χ1) is 19.4. The molecule has 3 amide bonds. The maximum Gasteiger partial charge on any atom is 0.408 e. The number of hydrogen-bond donors (Lipinski definition) is 6. The van der Waals surface area contributed by atoms with Gasteiger partial charge in [0.15, 0.2) is 17.2 Å². The molecule has 4 rings (SSSR count). The first-order valence-corrected chi connectivity index (χ1v) is 15.3. The topological polar surface area (TPSA) is 184 Å². The maximum absolute atomic E-state index is 13.5. The van der Waals surface area contributed by atoms with Crippen LogP contribution in [0.1, 0.15) is 38.8 Å². The minimum Gasteiger partial charge on any atom is -0.504 e. The number of aliphatic hydroxyl groups excluding tert-OH is 1. The molecule has 2 aliphatic heterocycles. The second kappa shape index (κ2) is 13.8. The molecule has 2 unspecified atom stereocenters. The number of halogens is 3. The Hall–Kier alpha value is -2.63. The number of phenolic OH excluding ortho intramolecular Hbond substituents is 1. The summed E-state index contributed by atoms with van der Waals surface area (Å²) < 4.78 is 12.6. The van der Waals surface area contributed by atoms with E-state index in [1.807, 2.05) is 22.6 Å². The molecule has 0 saturated heterocycles. The third-order valence-electron chi connectivity index (χ3n) is 5.92. The highest BCUT2D eigenvalue weighted by atomic mass is 127. The van der Waals surface area contributed by atoms with E-state index in [4.69, 9.17) is 9.47 Å². The lowest BCUT2D eigenvalue weighted by Gasteiger charge is -2.27. The summed E-state index contributed by atoms with van der Waals surface area (Å²) in [7, 11) is 0. The highest BCUT2D eigenvalue weighted by Gasteiger charge is 2.34. The number of aromatic hydroxyl groups is 1. The number of amides is 3. The van der Waals surface area contributed by atoms with Crippen molar-refractivity contribution in [2.45, 2.75) is 70.4 Å². The summed E-state index contributed by atoms with van der Waals surface area (Å²) in [5, 5.41) is 38.2. The second-order valence-electron chi connectivity index (χ2n) is 10.6. The first-order valence-electron chi connectivity index (χ1n) is 12.6. The molecule has 0 fully saturated rings. The Labute approximate surface area is 272 Å². The van der Waals surface area contributed by atoms with Crippen LogP contribution in [0.15, 0.2) is 33.2 Å². The standard InChI is InChI=1S/C27H30Br2IN3O9/c1-11(34)20-24(37)31-18(25(38)39)9-12-5-14(28)22(15(29)6-12)41-19-10-13(7-16(30)21(19)35)8-17(23(36)33-20)32-26(40)42-27(2,3)4/h5-7,10-11,17-18,20,34-35H,8-9H2,1-4H3,(H,31,37)(H,32,40)(H,33,36)(H,38,39)/t11?,17-,18?,20-/m0/s1. The summed E-state index contributed by atoms with van der Waals surface area (Å²) in [6.07, 6.45) is -2.62. The number of rotatable bonds is 3. The number of ether oxygens (including phenoxy) is 2. The van der Waals surface area contributed by atoms with E-state index in [2.05, 4.69) is 47.8 Å². The lowest BCUT2D eigenvalue weighted by atomic mass is 10.0. The Morgan fingerprint density at radius 1 is 1.07 bits per heavy atom. The largest absolute Gasteiger partial charge is 0.504 e. The molecule has 2 heterocycles. The average Bonchev–Trinajstić information content (AvgIpc) is 2.84. The van der Waals surface area contributed by atoms with Crippen molar-refractivity contribution in [3.63, 3.8) is 0 Å². The van der Waals surface area contributed by atoms with Gasteiger partial charge in [-0.05, 0) is 118 Å². The van der Waals surface area contributed by atoms with Gasteiger partial charge in [-0.2, -0.15) is 0 Å². The van der Waals surface area contributed by atoms with Crippen molar-refractivity contribution in [1.82, 2.24) is 16.0 Å². The number of carbonyl (C=O) groups is 4. The van der Waals surface area contributed by atoms with Crippen LogP contribution in [0.25, 0.3) is 0 Å². The van der Waals surface area contributed by atoms with E-state index in [0.29, 0.717) is 23.6 Å². The molecule has 2 aromatic rings. The van der Waals surface area contributed by atoms with Crippen molar-refractivity contribution < 1.29 is 44.0 Å². The lowest BCUT2D eigenvalue weighted by molar-refractivity contribution is -0.143. The molecular formula is C27H30Br2IN3O9. The van der Waals surface area contributed by atoms with Crippen LogP contribution < -0.4 is 20.7 Å². The van der Waals surface area contributed by atoms with Gasteiger partial charge in [0.1, 0.15) is 23.7 Å². The molecule has 0 saturated carbocycles. The van der Waals surface area contributed by atoms with Gasteiger partial charge in [0.2, 0.25) is 11.8 Å². The van der Waals surface area contributed by atoms with Gasteiger partial charge in [-0.1, -0.05) is 0 Å². The molecule has 0 spiro atoms. The number of carbonyl (C=O) groups excluding carboxylic acids is 3. The fourth-order valence-corrected chi connectivity index (χ4v) is 6.12. The van der Waals surface area contributed by atoms with Crippen LogP contribution in [0.5, 0.6) is 17.2 Å². The van der Waals surface area contributed by atoms with Gasteiger partial charge < -0.3 is 40.7 Å². The molecule has 15 heteroatoms. The van der Waals surface area contributed by atoms with Crippen LogP contribution in [0.4, 0.5) is 4.79 Å². The van der Waals surface area contributed by atoms with E-state index in [1.165, 1.54) is 13.0 Å². The Balaban J connectivity index is 2.16. The number of carboxylic acid groups (broad SMARTS) is 1. The number of nitrogens with one attached hydrogen (secondary N) is 3. The zero-order valence-corrected chi connectivity index (χ0v) is 28.3. The molecule has 4 atom stereocenters. The average molecular weight is 827 g/mol. The van der Waals surface area contributed by atoms with Crippen molar-refractivity contribution in [2.75, 3.05) is 0 Å². The fraction of sp³-hybridized carbons (Fsp3) is 0.407. The van der Waals surface area contributed by atoms with Gasteiger partial charge in [-0.15, -0.1) is 0 Å². The summed E-state index contributed by atoms with van der Waals surface area (Å²) in [6, 6.07) is 2.02. The van der Waals surface area contributed by atoms with E-state index in [0.717, 1.165) is 0 Å². The zero-order chi connectivity index (χ0) is 31.5. The summed E-state index contributed by atoms with van der Waals surface area (Å²) in [4.78, 5) is 51.4. The van der Waals surface area contributed by atoms with Crippen LogP contribution in [0.2, 0.25) is 0 Å². The third kappa shape index (κ3) is 8.94.